The van der Waals surface area contributed by atoms with E-state index in [4.69, 9.17) is 30.6 Å². The van der Waals surface area contributed by atoms with Crippen molar-refractivity contribution in [3.8, 4) is 0 Å². The molecule has 0 saturated heterocycles. The molecule has 10 heteroatoms. The minimum atomic E-state index is -1.78. The summed E-state index contributed by atoms with van der Waals surface area (Å²) in [4.78, 5) is 23.1. The summed E-state index contributed by atoms with van der Waals surface area (Å²) in [5.41, 5.74) is -3.57. The van der Waals surface area contributed by atoms with E-state index >= 15 is 0 Å². The van der Waals surface area contributed by atoms with Gasteiger partial charge in [0.2, 0.25) is 0 Å². The molecule has 118 valence electrons. The van der Waals surface area contributed by atoms with Gasteiger partial charge in [0.15, 0.2) is 0 Å². The molecule has 20 heavy (non-hydrogen) atoms. The largest absolute Gasteiger partial charge is 0.394 e. The number of hydrogen-bond donors (Lipinski definition) is 8. The third kappa shape index (κ3) is 4.37. The number of aliphatic hydroxyl groups is 6. The Hall–Kier alpha value is -1.30. The molecule has 0 aromatic carbocycles. The standard InChI is InChI=1S/C10H20N2O8/c13-1-9(2-14,3-15)11-7(19)8(20)12-10(4-16,5-17)6-18/h13-18H,1-6H2,(H,11,19)(H,12,20). The van der Waals surface area contributed by atoms with E-state index in [0.29, 0.717) is 0 Å². The molecule has 0 saturated carbocycles. The average Bonchev–Trinajstić information content (AvgIpc) is 2.50. The van der Waals surface area contributed by atoms with Crippen LogP contribution in [0.3, 0.4) is 0 Å². The Morgan fingerprint density at radius 2 is 0.800 bits per heavy atom. The molecule has 0 aliphatic rings. The van der Waals surface area contributed by atoms with E-state index in [9.17, 15) is 9.59 Å². The highest BCUT2D eigenvalue weighted by Crippen LogP contribution is 2.04. The molecule has 0 rings (SSSR count). The number of rotatable bonds is 8. The zero-order valence-electron chi connectivity index (χ0n) is 10.7. The second-order valence-corrected chi connectivity index (χ2v) is 4.42. The van der Waals surface area contributed by atoms with Crippen molar-refractivity contribution in [2.75, 3.05) is 39.6 Å². The van der Waals surface area contributed by atoms with Crippen molar-refractivity contribution in [3.63, 3.8) is 0 Å². The van der Waals surface area contributed by atoms with Gasteiger partial charge in [-0.1, -0.05) is 0 Å². The van der Waals surface area contributed by atoms with Crippen molar-refractivity contribution in [2.24, 2.45) is 0 Å². The van der Waals surface area contributed by atoms with Crippen LogP contribution in [0.5, 0.6) is 0 Å². The molecule has 0 aliphatic heterocycles. The Bertz CT molecular complexity index is 279. The van der Waals surface area contributed by atoms with E-state index in [1.54, 1.807) is 0 Å². The minimum Gasteiger partial charge on any atom is -0.394 e. The summed E-state index contributed by atoms with van der Waals surface area (Å²) in [5.74, 6) is -2.64. The first kappa shape index (κ1) is 18.7. The van der Waals surface area contributed by atoms with Crippen LogP contribution in [0.15, 0.2) is 0 Å². The highest BCUT2D eigenvalue weighted by molar-refractivity contribution is 6.35. The Balaban J connectivity index is 4.83. The molecule has 0 radical (unpaired) electrons. The van der Waals surface area contributed by atoms with Gasteiger partial charge in [-0.15, -0.1) is 0 Å². The number of hydrogen-bond acceptors (Lipinski definition) is 8. The second kappa shape index (κ2) is 8.09. The van der Waals surface area contributed by atoms with Gasteiger partial charge in [0, 0.05) is 0 Å². The lowest BCUT2D eigenvalue weighted by atomic mass is 10.0. The molecule has 0 bridgehead atoms. The van der Waals surface area contributed by atoms with Crippen LogP contribution in [0.2, 0.25) is 0 Å². The van der Waals surface area contributed by atoms with Gasteiger partial charge in [0.1, 0.15) is 11.1 Å². The van der Waals surface area contributed by atoms with E-state index in [2.05, 4.69) is 0 Å². The van der Waals surface area contributed by atoms with Crippen molar-refractivity contribution >= 4 is 11.8 Å². The SMILES string of the molecule is O=C(NC(CO)(CO)CO)C(=O)NC(CO)(CO)CO. The third-order valence-corrected chi connectivity index (χ3v) is 2.78. The Kier molecular flexibility index (Phi) is 7.57. The first-order chi connectivity index (χ1) is 9.38. The molecule has 0 unspecified atom stereocenters. The second-order valence-electron chi connectivity index (χ2n) is 4.42. The highest BCUT2D eigenvalue weighted by atomic mass is 16.3. The molecule has 0 heterocycles. The topological polar surface area (TPSA) is 180 Å². The van der Waals surface area contributed by atoms with E-state index in [0.717, 1.165) is 0 Å². The molecule has 0 spiro atoms. The molecular weight excluding hydrogens is 276 g/mol. The fourth-order valence-corrected chi connectivity index (χ4v) is 1.13. The van der Waals surface area contributed by atoms with Gasteiger partial charge in [-0.2, -0.15) is 0 Å². The van der Waals surface area contributed by atoms with Gasteiger partial charge in [0.25, 0.3) is 0 Å². The predicted octanol–water partition coefficient (Wildman–Crippen LogP) is -5.35. The third-order valence-electron chi connectivity index (χ3n) is 2.78. The lowest BCUT2D eigenvalue weighted by Crippen LogP contribution is -2.64. The average molecular weight is 296 g/mol. The number of nitrogens with one attached hydrogen (secondary N) is 2. The fourth-order valence-electron chi connectivity index (χ4n) is 1.13. The lowest BCUT2D eigenvalue weighted by Gasteiger charge is -2.31. The predicted molar refractivity (Wildman–Crippen MR) is 64.3 cm³/mol. The van der Waals surface area contributed by atoms with Gasteiger partial charge < -0.3 is 41.3 Å². The Morgan fingerprint density at radius 3 is 0.950 bits per heavy atom. The fraction of sp³-hybridized carbons (Fsp3) is 0.800. The zero-order chi connectivity index (χ0) is 15.8. The number of aliphatic hydroxyl groups excluding tert-OH is 6. The first-order valence-electron chi connectivity index (χ1n) is 5.68. The van der Waals surface area contributed by atoms with E-state index in [1.165, 1.54) is 0 Å². The monoisotopic (exact) mass is 296 g/mol. The molecule has 0 aromatic heterocycles. The zero-order valence-corrected chi connectivity index (χ0v) is 10.7. The minimum absolute atomic E-state index is 0.815. The number of carbonyl (C=O) groups excluding carboxylic acids is 2. The highest BCUT2D eigenvalue weighted by Gasteiger charge is 2.36. The van der Waals surface area contributed by atoms with Crippen LogP contribution in [0, 0.1) is 0 Å². The van der Waals surface area contributed by atoms with Crippen molar-refractivity contribution in [1.82, 2.24) is 10.6 Å². The summed E-state index contributed by atoms with van der Waals surface area (Å²) in [6.45, 7) is -4.89. The summed E-state index contributed by atoms with van der Waals surface area (Å²) >= 11 is 0. The summed E-state index contributed by atoms with van der Waals surface area (Å²) in [6.07, 6.45) is 0. The summed E-state index contributed by atoms with van der Waals surface area (Å²) in [7, 11) is 0. The maximum atomic E-state index is 11.6. The van der Waals surface area contributed by atoms with Crippen LogP contribution in [0.1, 0.15) is 0 Å². The molecule has 10 nitrogen and oxygen atoms in total. The van der Waals surface area contributed by atoms with Crippen LogP contribution < -0.4 is 10.6 Å². The quantitative estimate of drug-likeness (QED) is 0.204. The van der Waals surface area contributed by atoms with Crippen LogP contribution in [0.4, 0.5) is 0 Å². The van der Waals surface area contributed by atoms with E-state index in [-0.39, 0.29) is 0 Å². The van der Waals surface area contributed by atoms with Crippen molar-refractivity contribution in [3.05, 3.63) is 0 Å². The van der Waals surface area contributed by atoms with E-state index in [1.807, 2.05) is 10.6 Å². The van der Waals surface area contributed by atoms with Gasteiger partial charge in [-0.3, -0.25) is 9.59 Å². The molecule has 0 aromatic rings. The van der Waals surface area contributed by atoms with Gasteiger partial charge in [0.05, 0.1) is 39.6 Å². The van der Waals surface area contributed by atoms with Crippen molar-refractivity contribution < 1.29 is 40.2 Å². The summed E-state index contributed by atoms with van der Waals surface area (Å²) < 4.78 is 0. The van der Waals surface area contributed by atoms with E-state index < -0.39 is 62.5 Å². The Labute approximate surface area is 114 Å². The molecule has 8 N–H and O–H groups in total. The smallest absolute Gasteiger partial charge is 0.310 e. The summed E-state index contributed by atoms with van der Waals surface area (Å²) in [6, 6.07) is 0. The molecule has 0 fully saturated rings. The first-order valence-corrected chi connectivity index (χ1v) is 5.68. The van der Waals surface area contributed by atoms with Crippen LogP contribution in [0.25, 0.3) is 0 Å². The molecule has 0 aliphatic carbocycles. The van der Waals surface area contributed by atoms with Gasteiger partial charge in [-0.25, -0.2) is 0 Å². The number of carbonyl (C=O) groups is 2. The maximum Gasteiger partial charge on any atom is 0.310 e. The van der Waals surface area contributed by atoms with Crippen molar-refractivity contribution in [1.29, 1.82) is 0 Å². The number of amides is 2. The van der Waals surface area contributed by atoms with Crippen molar-refractivity contribution in [2.45, 2.75) is 11.1 Å². The Morgan fingerprint density at radius 1 is 0.600 bits per heavy atom. The normalized spacial score (nSPS) is 12.1. The van der Waals surface area contributed by atoms with Crippen LogP contribution in [-0.4, -0.2) is 93.2 Å². The summed E-state index contributed by atoms with van der Waals surface area (Å²) in [5, 5.41) is 57.8. The lowest BCUT2D eigenvalue weighted by molar-refractivity contribution is -0.144. The van der Waals surface area contributed by atoms with Crippen LogP contribution >= 0.6 is 0 Å². The molecule has 0 atom stereocenters. The van der Waals surface area contributed by atoms with Gasteiger partial charge >= 0.3 is 11.8 Å². The molecule has 2 amide bonds. The molecular formula is C10H20N2O8. The van der Waals surface area contributed by atoms with Crippen LogP contribution in [-0.2, 0) is 9.59 Å². The van der Waals surface area contributed by atoms with Gasteiger partial charge in [-0.05, 0) is 0 Å². The maximum absolute atomic E-state index is 11.6.